The van der Waals surface area contributed by atoms with Gasteiger partial charge in [-0.25, -0.2) is 40.7 Å². The molecule has 3 aromatic rings. The first-order valence-corrected chi connectivity index (χ1v) is 57.4. The maximum atomic E-state index is 13.6. The van der Waals surface area contributed by atoms with E-state index in [1.165, 1.54) is 129 Å². The van der Waals surface area contributed by atoms with E-state index >= 15 is 0 Å². The van der Waals surface area contributed by atoms with Crippen molar-refractivity contribution in [1.82, 2.24) is 31.1 Å². The number of aromatic carboxylic acids is 1. The fraction of sp³-hybridized carbons (Fsp3) is 0.712. The van der Waals surface area contributed by atoms with Crippen LogP contribution in [0.2, 0.25) is 0 Å². The second-order valence-electron chi connectivity index (χ2n) is 54.9. The number of alkyl halides is 7. The lowest BCUT2D eigenvalue weighted by Crippen LogP contribution is -2.69. The molecule has 22 heteroatoms. The summed E-state index contributed by atoms with van der Waals surface area (Å²) >= 11 is 3.44. The number of methoxy groups -OCH3 is 2. The summed E-state index contributed by atoms with van der Waals surface area (Å²) in [6.07, 6.45) is 37.8. The van der Waals surface area contributed by atoms with Crippen molar-refractivity contribution in [3.8, 4) is 0 Å². The van der Waals surface area contributed by atoms with E-state index in [9.17, 15) is 60.2 Å². The molecule has 27 atom stereocenters. The zero-order valence-corrected chi connectivity index (χ0v) is 93.7. The number of carbonyl (C=O) groups is 6. The van der Waals surface area contributed by atoms with E-state index in [4.69, 9.17) is 9.47 Å². The summed E-state index contributed by atoms with van der Waals surface area (Å²) in [5.74, 6) is -1.83. The number of esters is 2. The largest absolute Gasteiger partial charge is 0.478 e. The molecule has 15 fully saturated rings. The summed E-state index contributed by atoms with van der Waals surface area (Å²) in [5.41, 5.74) is 14.0. The predicted molar refractivity (Wildman–Crippen MR) is 576 cm³/mol. The number of hydrogen-bond acceptors (Lipinski definition) is 11. The Hall–Kier alpha value is -7.14. The van der Waals surface area contributed by atoms with Crippen LogP contribution in [0.25, 0.3) is 16.7 Å². The standard InChI is InChI=1S/C42H58F2N2O3.C41H56F2N2O3.C39H54BrNO3.C3H5F2N/c1-26(2)29-15-20-41(45-34(47)23-46-24-42(43,44)25-46)22-21-39(6)31(35(29)41)13-14-33-38(5)18-16-30(27-9-11-28(12-10-27)36(48)49-8)37(3,4)32(38)17-19-40(33,39)7;1-25(2)28-14-19-40(44-33(46)22-45-23-41(42,43)24-45)21-20-38(6)30(34(28)40)12-13-32-37(5)17-15-29(26-8-10-27(11-9-26)35(47)48)36(3,4)31(37)16-18-39(32,38)7;1-24(2)27-15-20-39(41-32(42)23-40)22-21-37(6)29(33(27)39)13-14-31-36(5)18-16-28(25-9-11-26(12-10-25)34(43)44-8)35(3,4)30(36)17-19-38(31,37)7;4-3(5)1-6-2-3/h9-12,16,29,31-33,35H,1,13-15,17-25H2,2-8H3,(H,45,47);8-11,15,28,30-32,34H,1,12-14,16-24H2,2-7H3,(H,44,46)(H,47,48);9-12,16,27,29-31,33H,1,13-15,17-23H2,2-8H3,(H,41,42);6H,1-2H2/t29-,31+,32-,33+,35+,38-,39+,40+,41-;28-,30+,31-,32+,34+,37-,38+,39+,40-;27-,29+,30-,31+,33+,36-,37+,38+,39-;/m000./s1. The van der Waals surface area contributed by atoms with Crippen LogP contribution in [-0.4, -0.2) is 157 Å². The first kappa shape index (κ1) is 110. The smallest absolute Gasteiger partial charge is 0.337 e. The molecule has 0 aromatic heterocycles. The quantitative estimate of drug-likeness (QED) is 0.0372. The SMILES string of the molecule is C=C(C)[C@@H]1CC[C@]2(NC(=O)CBr)CC[C@]3(C)[C@H](CC[C@@H]4[C@@]5(C)CC=C(c6ccc(C(=O)OC)cc6)C(C)(C)[C@@H]5CC[C@]43C)[C@@H]12.C=C(C)[C@@H]1CC[C@]2(NC(=O)CN3CC(F)(F)C3)CC[C@]3(C)[C@H](CC[C@@H]4[C@@]5(C)CC=C(c6ccc(C(=O)O)cc6)C(C)(C)[C@@H]5CC[C@]43C)[C@@H]12.C=C(C)[C@@H]1CC[C@]2(NC(=O)CN3CC(F)(F)C3)CC[C@]3(C)[C@H](CC[C@@H]4[C@@]5(C)CC=C(c6ccc(C(=O)OC)cc6)C(C)(C)[C@@H]5CC[C@]43C)[C@@H]12.FC1(F)CNC1. The van der Waals surface area contributed by atoms with Crippen molar-refractivity contribution in [3.05, 3.63) is 161 Å². The maximum absolute atomic E-state index is 13.6. The van der Waals surface area contributed by atoms with Crippen LogP contribution < -0.4 is 21.3 Å². The molecule has 3 aliphatic heterocycles. The van der Waals surface area contributed by atoms with Gasteiger partial charge in [0.25, 0.3) is 17.8 Å². The highest BCUT2D eigenvalue weighted by Crippen LogP contribution is 2.82. The van der Waals surface area contributed by atoms with Gasteiger partial charge in [-0.3, -0.25) is 24.2 Å². The summed E-state index contributed by atoms with van der Waals surface area (Å²) in [7, 11) is 2.86. The zero-order valence-electron chi connectivity index (χ0n) is 92.2. The van der Waals surface area contributed by atoms with Crippen LogP contribution in [0.4, 0.5) is 26.3 Å². The van der Waals surface area contributed by atoms with Gasteiger partial charge >= 0.3 is 17.9 Å². The number of nitrogens with zero attached hydrogens (tertiary/aromatic N) is 2. The van der Waals surface area contributed by atoms with Crippen LogP contribution in [0.1, 0.15) is 346 Å². The van der Waals surface area contributed by atoms with Crippen molar-refractivity contribution in [3.63, 3.8) is 0 Å². The molecule has 0 bridgehead atoms. The highest BCUT2D eigenvalue weighted by Gasteiger charge is 2.76. The molecular weight excluding hydrogens is 1920 g/mol. The number of halogens is 7. The monoisotopic (exact) mass is 2100 g/mol. The Morgan fingerprint density at radius 1 is 0.367 bits per heavy atom. The lowest BCUT2D eigenvalue weighted by atomic mass is 9.33. The number of nitrogens with one attached hydrogen (secondary N) is 4. The van der Waals surface area contributed by atoms with E-state index in [1.54, 1.807) is 21.9 Å². The van der Waals surface area contributed by atoms with Gasteiger partial charge in [0, 0.05) is 16.6 Å². The van der Waals surface area contributed by atoms with E-state index < -0.39 is 23.7 Å². The molecule has 0 unspecified atom stereocenters. The average Bonchev–Trinajstić information content (AvgIpc) is 1.67. The number of allylic oxidation sites excluding steroid dienone is 9. The summed E-state index contributed by atoms with van der Waals surface area (Å²) in [6.45, 7) is 56.8. The normalized spacial score (nSPS) is 41.7. The molecule has 3 amide bonds. The third-order valence-electron chi connectivity index (χ3n) is 47.2. The van der Waals surface area contributed by atoms with E-state index in [0.29, 0.717) is 111 Å². The second-order valence-corrected chi connectivity index (χ2v) is 55.5. The number of rotatable bonds is 17. The Kier molecular flexibility index (Phi) is 28.5. The molecule has 5 N–H and O–H groups in total. The van der Waals surface area contributed by atoms with Crippen molar-refractivity contribution in [1.29, 1.82) is 0 Å². The van der Waals surface area contributed by atoms with Crippen LogP contribution in [0.15, 0.2) is 127 Å². The van der Waals surface area contributed by atoms with Crippen molar-refractivity contribution in [2.75, 3.05) is 71.9 Å². The van der Waals surface area contributed by atoms with E-state index in [2.05, 4.69) is 224 Å². The molecule has 806 valence electrons. The molecular formula is C125H173BrF6N6O9. The van der Waals surface area contributed by atoms with Crippen molar-refractivity contribution in [2.45, 2.75) is 332 Å². The topological polar surface area (TPSA) is 196 Å². The minimum atomic E-state index is -2.67. The zero-order chi connectivity index (χ0) is 107. The van der Waals surface area contributed by atoms with Crippen molar-refractivity contribution >= 4 is 68.3 Å². The Morgan fingerprint density at radius 3 is 0.878 bits per heavy atom. The fourth-order valence-corrected chi connectivity index (χ4v) is 40.2. The summed E-state index contributed by atoms with van der Waals surface area (Å²) in [4.78, 5) is 78.7. The van der Waals surface area contributed by atoms with Gasteiger partial charge in [-0.2, -0.15) is 0 Å². The number of carbonyl (C=O) groups excluding carboxylic acids is 5. The third-order valence-corrected chi connectivity index (χ3v) is 47.7. The van der Waals surface area contributed by atoms with Gasteiger partial charge in [0.2, 0.25) is 17.7 Å². The lowest BCUT2D eigenvalue weighted by Gasteiger charge is -2.72. The second kappa shape index (κ2) is 38.2. The van der Waals surface area contributed by atoms with Gasteiger partial charge in [0.1, 0.15) is 0 Å². The summed E-state index contributed by atoms with van der Waals surface area (Å²) in [6, 6.07) is 23.5. The van der Waals surface area contributed by atoms with Gasteiger partial charge in [0.15, 0.2) is 0 Å². The Balaban J connectivity index is 0.000000140. The molecule has 147 heavy (non-hydrogen) atoms. The maximum Gasteiger partial charge on any atom is 0.337 e. The molecule has 3 saturated heterocycles. The van der Waals surface area contributed by atoms with Crippen LogP contribution in [-0.2, 0) is 23.9 Å². The molecule has 3 aromatic carbocycles. The number of carboxylic acids is 1. The lowest BCUT2D eigenvalue weighted by molar-refractivity contribution is -0.219. The number of likely N-dealkylation sites (tertiary alicyclic amines) is 2. The average molecular weight is 2100 g/mol. The molecule has 12 saturated carbocycles. The van der Waals surface area contributed by atoms with Gasteiger partial charge < -0.3 is 35.8 Å². The van der Waals surface area contributed by atoms with Gasteiger partial charge in [-0.1, -0.05) is 211 Å². The summed E-state index contributed by atoms with van der Waals surface area (Å²) in [5, 5.41) is 22.9. The first-order chi connectivity index (χ1) is 68.7. The number of ether oxygens (including phenoxy) is 2. The number of benzene rings is 3. The molecule has 15 nitrogen and oxygen atoms in total. The van der Waals surface area contributed by atoms with E-state index in [-0.39, 0.29) is 164 Å². The van der Waals surface area contributed by atoms with E-state index in [0.717, 1.165) is 108 Å². The Labute approximate surface area is 882 Å². The van der Waals surface area contributed by atoms with Crippen LogP contribution in [0.5, 0.6) is 0 Å². The highest BCUT2D eigenvalue weighted by atomic mass is 79.9. The molecule has 0 radical (unpaired) electrons. The minimum Gasteiger partial charge on any atom is -0.478 e. The predicted octanol–water partition coefficient (Wildman–Crippen LogP) is 27.4. The van der Waals surface area contributed by atoms with Crippen LogP contribution in [0.3, 0.4) is 0 Å². The van der Waals surface area contributed by atoms with E-state index in [1.807, 2.05) is 36.4 Å². The number of hydrogen-bond donors (Lipinski definition) is 5. The number of fused-ring (bicyclic) bond motifs is 21. The molecule has 21 rings (SSSR count). The summed E-state index contributed by atoms with van der Waals surface area (Å²) < 4.78 is 87.1. The Bertz CT molecular complexity index is 5730. The molecule has 18 aliphatic rings. The number of carboxylic acid groups (broad SMARTS) is 1. The first-order valence-electron chi connectivity index (χ1n) is 56.2. The van der Waals surface area contributed by atoms with Crippen molar-refractivity contribution in [2.24, 2.45) is 154 Å². The van der Waals surface area contributed by atoms with Gasteiger partial charge in [-0.15, -0.1) is 0 Å². The number of amides is 3. The molecule has 0 spiro atoms. The molecule has 15 aliphatic carbocycles. The Morgan fingerprint density at radius 2 is 0.639 bits per heavy atom. The van der Waals surface area contributed by atoms with Gasteiger partial charge in [0.05, 0.1) is 88.6 Å². The fourth-order valence-electron chi connectivity index (χ4n) is 40.1. The van der Waals surface area contributed by atoms with Crippen LogP contribution >= 0.6 is 15.9 Å². The molecule has 3 heterocycles. The van der Waals surface area contributed by atoms with Crippen molar-refractivity contribution < 1.29 is 69.7 Å². The van der Waals surface area contributed by atoms with Crippen LogP contribution in [0, 0.1) is 154 Å². The third kappa shape index (κ3) is 17.7. The highest BCUT2D eigenvalue weighted by molar-refractivity contribution is 9.09. The minimum absolute atomic E-state index is 0.0121. The van der Waals surface area contributed by atoms with Gasteiger partial charge in [-0.05, 0) is 418 Å².